The summed E-state index contributed by atoms with van der Waals surface area (Å²) in [6.45, 7) is 0. The number of carboxylic acids is 1. The van der Waals surface area contributed by atoms with E-state index in [1.54, 1.807) is 0 Å². The molecule has 0 aromatic rings. The van der Waals surface area contributed by atoms with Crippen LogP contribution in [-0.2, 0) is 4.79 Å². The van der Waals surface area contributed by atoms with Gasteiger partial charge in [-0.05, 0) is 12.8 Å². The molecule has 0 spiro atoms. The molecule has 0 aliphatic heterocycles. The molecule has 0 amide bonds. The van der Waals surface area contributed by atoms with Crippen molar-refractivity contribution in [2.75, 3.05) is 0 Å². The summed E-state index contributed by atoms with van der Waals surface area (Å²) in [6.07, 6.45) is 2.69. The Balaban J connectivity index is 2.54. The lowest BCUT2D eigenvalue weighted by molar-refractivity contribution is -0.139. The van der Waals surface area contributed by atoms with Crippen LogP contribution in [0.1, 0.15) is 19.3 Å². The van der Waals surface area contributed by atoms with Gasteiger partial charge in [0.15, 0.2) is 0 Å². The van der Waals surface area contributed by atoms with Crippen molar-refractivity contribution in [1.82, 2.24) is 0 Å². The van der Waals surface area contributed by atoms with E-state index in [1.807, 2.05) is 0 Å². The molecule has 0 radical (unpaired) electrons. The number of hydrogen-bond acceptors (Lipinski definition) is 3. The van der Waals surface area contributed by atoms with Crippen molar-refractivity contribution in [2.45, 2.75) is 30.1 Å². The van der Waals surface area contributed by atoms with Gasteiger partial charge in [-0.15, -0.1) is 0 Å². The molecule has 3 nitrogen and oxygen atoms in total. The third kappa shape index (κ3) is 1.13. The Bertz CT molecular complexity index is 156. The van der Waals surface area contributed by atoms with Gasteiger partial charge in [0.1, 0.15) is 6.04 Å². The molecule has 1 aliphatic rings. The van der Waals surface area contributed by atoms with Crippen molar-refractivity contribution in [3.8, 4) is 0 Å². The molecular weight excluding hydrogens is 150 g/mol. The maximum atomic E-state index is 10.4. The Morgan fingerprint density at radius 2 is 2.20 bits per heavy atom. The molecule has 1 saturated carbocycles. The molecule has 4 heteroatoms. The number of rotatable bonds is 2. The number of carbonyl (C=O) groups is 1. The van der Waals surface area contributed by atoms with Crippen LogP contribution in [0.5, 0.6) is 0 Å². The molecule has 1 rings (SSSR count). The van der Waals surface area contributed by atoms with Crippen LogP contribution in [0.3, 0.4) is 0 Å². The first-order chi connectivity index (χ1) is 4.56. The highest BCUT2D eigenvalue weighted by molar-refractivity contribution is 7.82. The first-order valence-electron chi connectivity index (χ1n) is 3.27. The summed E-state index contributed by atoms with van der Waals surface area (Å²) in [7, 11) is 0. The Hall–Kier alpha value is -0.220. The van der Waals surface area contributed by atoms with Crippen LogP contribution in [-0.4, -0.2) is 21.9 Å². The molecule has 0 bridgehead atoms. The summed E-state index contributed by atoms with van der Waals surface area (Å²) in [5.74, 6) is -0.949. The molecule has 3 N–H and O–H groups in total. The van der Waals surface area contributed by atoms with E-state index in [1.165, 1.54) is 0 Å². The maximum Gasteiger partial charge on any atom is 0.321 e. The molecule has 0 saturated heterocycles. The average molecular weight is 161 g/mol. The van der Waals surface area contributed by atoms with Crippen LogP contribution in [0.2, 0.25) is 0 Å². The normalized spacial score (nSPS) is 25.0. The second kappa shape index (κ2) is 2.43. The van der Waals surface area contributed by atoms with Crippen molar-refractivity contribution in [2.24, 2.45) is 5.73 Å². The molecule has 1 fully saturated rings. The fourth-order valence-electron chi connectivity index (χ4n) is 1.08. The highest BCUT2D eigenvalue weighted by Crippen LogP contribution is 2.39. The van der Waals surface area contributed by atoms with Gasteiger partial charge in [-0.1, -0.05) is 6.42 Å². The van der Waals surface area contributed by atoms with E-state index in [9.17, 15) is 4.79 Å². The number of thiol groups is 1. The second-order valence-electron chi connectivity index (χ2n) is 2.77. The van der Waals surface area contributed by atoms with Gasteiger partial charge >= 0.3 is 5.97 Å². The molecule has 1 aliphatic carbocycles. The van der Waals surface area contributed by atoms with Gasteiger partial charge in [-0.25, -0.2) is 0 Å². The minimum atomic E-state index is -0.949. The topological polar surface area (TPSA) is 63.3 Å². The number of nitrogens with two attached hydrogens (primary N) is 1. The van der Waals surface area contributed by atoms with E-state index < -0.39 is 16.8 Å². The Kier molecular flexibility index (Phi) is 1.92. The van der Waals surface area contributed by atoms with Crippen LogP contribution < -0.4 is 5.73 Å². The first-order valence-corrected chi connectivity index (χ1v) is 3.72. The zero-order valence-corrected chi connectivity index (χ0v) is 6.47. The van der Waals surface area contributed by atoms with E-state index in [2.05, 4.69) is 12.6 Å². The summed E-state index contributed by atoms with van der Waals surface area (Å²) in [6, 6.07) is -0.801. The van der Waals surface area contributed by atoms with E-state index >= 15 is 0 Å². The van der Waals surface area contributed by atoms with Crippen molar-refractivity contribution in [3.63, 3.8) is 0 Å². The van der Waals surface area contributed by atoms with E-state index in [4.69, 9.17) is 10.8 Å². The smallest absolute Gasteiger partial charge is 0.321 e. The number of hydrogen-bond donors (Lipinski definition) is 3. The predicted molar refractivity (Wildman–Crippen MR) is 41.2 cm³/mol. The summed E-state index contributed by atoms with van der Waals surface area (Å²) >= 11 is 4.20. The van der Waals surface area contributed by atoms with Crippen LogP contribution >= 0.6 is 12.6 Å². The van der Waals surface area contributed by atoms with Crippen LogP contribution in [0.4, 0.5) is 0 Å². The van der Waals surface area contributed by atoms with Gasteiger partial charge in [0.05, 0.1) is 0 Å². The Labute approximate surface area is 65.0 Å². The maximum absolute atomic E-state index is 10.4. The lowest BCUT2D eigenvalue weighted by Gasteiger charge is -2.39. The Morgan fingerprint density at radius 1 is 1.70 bits per heavy atom. The second-order valence-corrected chi connectivity index (χ2v) is 3.66. The molecule has 0 unspecified atom stereocenters. The molecule has 10 heavy (non-hydrogen) atoms. The first kappa shape index (κ1) is 7.88. The standard InChI is InChI=1S/C6H11NO2S/c7-4(5(8)9)6(10)2-1-3-6/h4,10H,1-3,7H2,(H,8,9)/t4-/m1/s1. The lowest BCUT2D eigenvalue weighted by Crippen LogP contribution is -2.53. The summed E-state index contributed by atoms with van der Waals surface area (Å²) in [4.78, 5) is 10.4. The lowest BCUT2D eigenvalue weighted by atomic mass is 9.79. The molecule has 1 atom stereocenters. The van der Waals surface area contributed by atoms with Crippen LogP contribution in [0.25, 0.3) is 0 Å². The van der Waals surface area contributed by atoms with Gasteiger partial charge in [0.2, 0.25) is 0 Å². The molecule has 0 heterocycles. The zero-order valence-electron chi connectivity index (χ0n) is 5.58. The van der Waals surface area contributed by atoms with E-state index in [-0.39, 0.29) is 0 Å². The number of carboxylic acid groups (broad SMARTS) is 1. The third-order valence-corrected chi connectivity index (χ3v) is 2.79. The Morgan fingerprint density at radius 3 is 2.30 bits per heavy atom. The van der Waals surface area contributed by atoms with Gasteiger partial charge in [-0.3, -0.25) is 4.79 Å². The summed E-state index contributed by atoms with van der Waals surface area (Å²) < 4.78 is -0.425. The van der Waals surface area contributed by atoms with Crippen molar-refractivity contribution in [3.05, 3.63) is 0 Å². The summed E-state index contributed by atoms with van der Waals surface area (Å²) in [5, 5.41) is 8.51. The largest absolute Gasteiger partial charge is 0.480 e. The fraction of sp³-hybridized carbons (Fsp3) is 0.833. The molecule has 58 valence electrons. The predicted octanol–water partition coefficient (Wildman–Crippen LogP) is 0.251. The monoisotopic (exact) mass is 161 g/mol. The fourth-order valence-corrected chi connectivity index (χ4v) is 1.51. The quantitative estimate of drug-likeness (QED) is 0.509. The minimum Gasteiger partial charge on any atom is -0.480 e. The van der Waals surface area contributed by atoms with Crippen molar-refractivity contribution < 1.29 is 9.90 Å². The third-order valence-electron chi connectivity index (χ3n) is 2.06. The van der Waals surface area contributed by atoms with Crippen molar-refractivity contribution >= 4 is 18.6 Å². The van der Waals surface area contributed by atoms with Gasteiger partial charge < -0.3 is 10.8 Å². The number of aliphatic carboxylic acids is 1. The van der Waals surface area contributed by atoms with Gasteiger partial charge in [-0.2, -0.15) is 12.6 Å². The average Bonchev–Trinajstić information content (AvgIpc) is 1.81. The zero-order chi connectivity index (χ0) is 7.78. The SMILES string of the molecule is N[C@H](C(=O)O)C1(S)CCC1. The van der Waals surface area contributed by atoms with Gasteiger partial charge in [0.25, 0.3) is 0 Å². The molecule has 0 aromatic heterocycles. The van der Waals surface area contributed by atoms with E-state index in [0.29, 0.717) is 0 Å². The van der Waals surface area contributed by atoms with Gasteiger partial charge in [0, 0.05) is 4.75 Å². The highest BCUT2D eigenvalue weighted by Gasteiger charge is 2.42. The molecular formula is C6H11NO2S. The van der Waals surface area contributed by atoms with Crippen LogP contribution in [0, 0.1) is 0 Å². The molecule has 0 aromatic carbocycles. The minimum absolute atomic E-state index is 0.425. The highest BCUT2D eigenvalue weighted by atomic mass is 32.1. The van der Waals surface area contributed by atoms with E-state index in [0.717, 1.165) is 19.3 Å². The van der Waals surface area contributed by atoms with Crippen LogP contribution in [0.15, 0.2) is 0 Å². The summed E-state index contributed by atoms with van der Waals surface area (Å²) in [5.41, 5.74) is 5.38. The van der Waals surface area contributed by atoms with Crippen molar-refractivity contribution in [1.29, 1.82) is 0 Å².